The van der Waals surface area contributed by atoms with Crippen LogP contribution in [0.2, 0.25) is 10.2 Å². The van der Waals surface area contributed by atoms with Crippen LogP contribution in [0.15, 0.2) is 12.1 Å². The van der Waals surface area contributed by atoms with Crippen molar-refractivity contribution in [2.75, 3.05) is 13.2 Å². The molecule has 1 N–H and O–H groups in total. The molecule has 5 nitrogen and oxygen atoms in total. The molecule has 0 radical (unpaired) electrons. The number of nitrogens with zero attached hydrogens (tertiary/aromatic N) is 1. The molecule has 0 spiro atoms. The second-order valence-electron chi connectivity index (χ2n) is 5.35. The number of carbonyl (C=O) groups excluding carboxylic acids is 2. The van der Waals surface area contributed by atoms with E-state index in [0.29, 0.717) is 12.5 Å². The topological polar surface area (TPSA) is 68.3 Å². The molecular weight excluding hydrogens is 327 g/mol. The number of ether oxygens (including phenoxy) is 1. The fourth-order valence-corrected chi connectivity index (χ4v) is 2.79. The van der Waals surface area contributed by atoms with E-state index in [2.05, 4.69) is 10.3 Å². The maximum atomic E-state index is 11.8. The van der Waals surface area contributed by atoms with Gasteiger partial charge in [0.25, 0.3) is 5.91 Å². The maximum absolute atomic E-state index is 11.8. The Bertz CT molecular complexity index is 546. The number of halogens is 2. The predicted molar refractivity (Wildman–Crippen MR) is 84.1 cm³/mol. The number of rotatable bonds is 5. The van der Waals surface area contributed by atoms with E-state index in [0.717, 1.165) is 12.8 Å². The summed E-state index contributed by atoms with van der Waals surface area (Å²) in [4.78, 5) is 27.3. The van der Waals surface area contributed by atoms with E-state index in [1.165, 1.54) is 31.4 Å². The third kappa shape index (κ3) is 5.14. The van der Waals surface area contributed by atoms with Crippen LogP contribution < -0.4 is 5.32 Å². The molecule has 0 saturated heterocycles. The van der Waals surface area contributed by atoms with Crippen LogP contribution in [-0.2, 0) is 9.53 Å². The second-order valence-corrected chi connectivity index (χ2v) is 6.14. The monoisotopic (exact) mass is 344 g/mol. The number of amides is 1. The molecule has 1 aromatic heterocycles. The number of carbonyl (C=O) groups is 2. The van der Waals surface area contributed by atoms with Gasteiger partial charge in [-0.3, -0.25) is 4.79 Å². The second kappa shape index (κ2) is 8.34. The third-order valence-electron chi connectivity index (χ3n) is 3.65. The lowest BCUT2D eigenvalue weighted by Gasteiger charge is -2.21. The fraction of sp³-hybridized carbons (Fsp3) is 0.533. The number of aromatic nitrogens is 1. The highest BCUT2D eigenvalue weighted by atomic mass is 35.5. The van der Waals surface area contributed by atoms with Gasteiger partial charge in [-0.1, -0.05) is 42.5 Å². The Labute approximate surface area is 139 Å². The van der Waals surface area contributed by atoms with Crippen molar-refractivity contribution in [2.24, 2.45) is 5.92 Å². The van der Waals surface area contributed by atoms with Gasteiger partial charge in [0.1, 0.15) is 5.15 Å². The first kappa shape index (κ1) is 17.0. The molecule has 2 rings (SSSR count). The number of nitrogens with one attached hydrogen (secondary N) is 1. The Hall–Kier alpha value is -1.33. The number of hydrogen-bond donors (Lipinski definition) is 1. The summed E-state index contributed by atoms with van der Waals surface area (Å²) >= 11 is 11.5. The number of hydrogen-bond acceptors (Lipinski definition) is 4. The average Bonchev–Trinajstić information content (AvgIpc) is 2.54. The Balaban J connectivity index is 1.75. The summed E-state index contributed by atoms with van der Waals surface area (Å²) in [6.07, 6.45) is 5.99. The first-order valence-electron chi connectivity index (χ1n) is 7.32. The maximum Gasteiger partial charge on any atom is 0.359 e. The molecule has 1 aliphatic rings. The molecule has 0 unspecified atom stereocenters. The van der Waals surface area contributed by atoms with Crippen molar-refractivity contribution in [1.29, 1.82) is 0 Å². The highest BCUT2D eigenvalue weighted by molar-refractivity contribution is 6.34. The summed E-state index contributed by atoms with van der Waals surface area (Å²) in [7, 11) is 0. The molecule has 1 heterocycles. The molecule has 1 amide bonds. The highest BCUT2D eigenvalue weighted by Crippen LogP contribution is 2.22. The van der Waals surface area contributed by atoms with Gasteiger partial charge in [-0.15, -0.1) is 0 Å². The van der Waals surface area contributed by atoms with Gasteiger partial charge in [0.15, 0.2) is 12.3 Å². The molecule has 0 atom stereocenters. The Kier molecular flexibility index (Phi) is 6.46. The van der Waals surface area contributed by atoms with Crippen LogP contribution in [0, 0.1) is 5.92 Å². The van der Waals surface area contributed by atoms with Crippen molar-refractivity contribution in [3.63, 3.8) is 0 Å². The smallest absolute Gasteiger partial charge is 0.359 e. The van der Waals surface area contributed by atoms with Crippen molar-refractivity contribution >= 4 is 35.1 Å². The minimum absolute atomic E-state index is 0.0887. The summed E-state index contributed by atoms with van der Waals surface area (Å²) in [6, 6.07) is 2.92. The van der Waals surface area contributed by atoms with E-state index in [4.69, 9.17) is 27.9 Å². The quantitative estimate of drug-likeness (QED) is 0.657. The van der Waals surface area contributed by atoms with Crippen molar-refractivity contribution in [1.82, 2.24) is 10.3 Å². The molecule has 7 heteroatoms. The van der Waals surface area contributed by atoms with Crippen molar-refractivity contribution in [2.45, 2.75) is 32.1 Å². The SMILES string of the molecule is O=C(COC(=O)c1nc(Cl)ccc1Cl)NCC1CCCCC1. The molecule has 1 saturated carbocycles. The first-order valence-corrected chi connectivity index (χ1v) is 8.07. The van der Waals surface area contributed by atoms with Gasteiger partial charge in [0.05, 0.1) is 5.02 Å². The van der Waals surface area contributed by atoms with Crippen LogP contribution in [0.25, 0.3) is 0 Å². The van der Waals surface area contributed by atoms with Crippen LogP contribution >= 0.6 is 23.2 Å². The van der Waals surface area contributed by atoms with Crippen LogP contribution in [0.3, 0.4) is 0 Å². The molecule has 0 aliphatic heterocycles. The Morgan fingerprint density at radius 1 is 1.23 bits per heavy atom. The zero-order valence-corrected chi connectivity index (χ0v) is 13.6. The lowest BCUT2D eigenvalue weighted by molar-refractivity contribution is -0.124. The van der Waals surface area contributed by atoms with E-state index in [-0.39, 0.29) is 28.4 Å². The van der Waals surface area contributed by atoms with E-state index in [9.17, 15) is 9.59 Å². The Morgan fingerprint density at radius 2 is 1.95 bits per heavy atom. The summed E-state index contributed by atoms with van der Waals surface area (Å²) < 4.78 is 4.91. The van der Waals surface area contributed by atoms with Gasteiger partial charge in [-0.25, -0.2) is 9.78 Å². The average molecular weight is 345 g/mol. The van der Waals surface area contributed by atoms with Crippen molar-refractivity contribution in [3.8, 4) is 0 Å². The molecule has 0 bridgehead atoms. The first-order chi connectivity index (χ1) is 10.6. The zero-order valence-electron chi connectivity index (χ0n) is 12.1. The lowest BCUT2D eigenvalue weighted by Crippen LogP contribution is -2.33. The third-order valence-corrected chi connectivity index (χ3v) is 4.17. The summed E-state index contributed by atoms with van der Waals surface area (Å²) in [6.45, 7) is 0.280. The number of esters is 1. The lowest BCUT2D eigenvalue weighted by atomic mass is 9.89. The minimum atomic E-state index is -0.764. The standard InChI is InChI=1S/C15H18Cl2N2O3/c16-11-6-7-12(17)19-14(11)15(21)22-9-13(20)18-8-10-4-2-1-3-5-10/h6-7,10H,1-5,8-9H2,(H,18,20). The summed E-state index contributed by atoms with van der Waals surface area (Å²) in [5, 5.41) is 3.06. The van der Waals surface area contributed by atoms with Crippen LogP contribution in [-0.4, -0.2) is 30.0 Å². The molecular formula is C15H18Cl2N2O3. The molecule has 1 aromatic rings. The predicted octanol–water partition coefficient (Wildman–Crippen LogP) is 3.24. The van der Waals surface area contributed by atoms with Crippen LogP contribution in [0.5, 0.6) is 0 Å². The minimum Gasteiger partial charge on any atom is -0.451 e. The normalized spacial score (nSPS) is 15.4. The van der Waals surface area contributed by atoms with Gasteiger partial charge in [-0.2, -0.15) is 0 Å². The van der Waals surface area contributed by atoms with Crippen molar-refractivity contribution in [3.05, 3.63) is 28.0 Å². The largest absolute Gasteiger partial charge is 0.451 e. The molecule has 0 aromatic carbocycles. The molecule has 22 heavy (non-hydrogen) atoms. The van der Waals surface area contributed by atoms with Crippen LogP contribution in [0.1, 0.15) is 42.6 Å². The Morgan fingerprint density at radius 3 is 2.68 bits per heavy atom. The molecule has 1 fully saturated rings. The molecule has 1 aliphatic carbocycles. The van der Waals surface area contributed by atoms with Gasteiger partial charge in [-0.05, 0) is 30.9 Å². The van der Waals surface area contributed by atoms with E-state index in [1.54, 1.807) is 0 Å². The summed E-state index contributed by atoms with van der Waals surface area (Å²) in [5.41, 5.74) is -0.0887. The van der Waals surface area contributed by atoms with Crippen LogP contribution in [0.4, 0.5) is 0 Å². The zero-order chi connectivity index (χ0) is 15.9. The van der Waals surface area contributed by atoms with Crippen molar-refractivity contribution < 1.29 is 14.3 Å². The van der Waals surface area contributed by atoms with Gasteiger partial charge in [0.2, 0.25) is 0 Å². The highest BCUT2D eigenvalue weighted by Gasteiger charge is 2.17. The van der Waals surface area contributed by atoms with Gasteiger partial charge >= 0.3 is 5.97 Å². The van der Waals surface area contributed by atoms with E-state index in [1.807, 2.05) is 0 Å². The fourth-order valence-electron chi connectivity index (χ4n) is 2.46. The summed E-state index contributed by atoms with van der Waals surface area (Å²) in [5.74, 6) is -0.560. The van der Waals surface area contributed by atoms with E-state index >= 15 is 0 Å². The van der Waals surface area contributed by atoms with Gasteiger partial charge in [0, 0.05) is 6.54 Å². The van der Waals surface area contributed by atoms with Gasteiger partial charge < -0.3 is 10.1 Å². The number of pyridine rings is 1. The van der Waals surface area contributed by atoms with E-state index < -0.39 is 5.97 Å². The molecule has 120 valence electrons.